The molecule has 2 rings (SSSR count). The second-order valence-corrected chi connectivity index (χ2v) is 5.06. The fourth-order valence-electron chi connectivity index (χ4n) is 2.07. The van der Waals surface area contributed by atoms with E-state index >= 15 is 0 Å². The third-order valence-corrected chi connectivity index (χ3v) is 3.21. The van der Waals surface area contributed by atoms with Gasteiger partial charge in [-0.3, -0.25) is 10.1 Å². The molecule has 0 aliphatic rings. The van der Waals surface area contributed by atoms with E-state index in [-0.39, 0.29) is 5.69 Å². The van der Waals surface area contributed by atoms with Crippen molar-refractivity contribution in [2.45, 2.75) is 26.2 Å². The van der Waals surface area contributed by atoms with Gasteiger partial charge in [-0.25, -0.2) is 9.97 Å². The molecule has 23 heavy (non-hydrogen) atoms. The zero-order chi connectivity index (χ0) is 16.7. The Morgan fingerprint density at radius 3 is 2.65 bits per heavy atom. The van der Waals surface area contributed by atoms with Crippen molar-refractivity contribution in [1.82, 2.24) is 9.97 Å². The van der Waals surface area contributed by atoms with Crippen LogP contribution in [-0.4, -0.2) is 21.4 Å². The molecule has 118 valence electrons. The highest BCUT2D eigenvalue weighted by Crippen LogP contribution is 2.21. The molecular formula is C16H17N5O2. The van der Waals surface area contributed by atoms with E-state index in [1.54, 1.807) is 12.1 Å². The average molecular weight is 311 g/mol. The number of nitro groups is 1. The molecule has 0 amide bonds. The lowest BCUT2D eigenvalue weighted by Gasteiger charge is -2.08. The number of non-ortho nitro benzene ring substituents is 1. The summed E-state index contributed by atoms with van der Waals surface area (Å²) in [4.78, 5) is 19.1. The molecular weight excluding hydrogens is 294 g/mol. The number of rotatable bonds is 7. The molecule has 7 nitrogen and oxygen atoms in total. The second kappa shape index (κ2) is 7.84. The van der Waals surface area contributed by atoms with Crippen molar-refractivity contribution < 1.29 is 4.92 Å². The number of aromatic nitrogens is 2. The molecule has 0 aliphatic heterocycles. The quantitative estimate of drug-likeness (QED) is 0.477. The minimum absolute atomic E-state index is 0.0391. The highest BCUT2D eigenvalue weighted by atomic mass is 16.6. The Balaban J connectivity index is 2.10. The lowest BCUT2D eigenvalue weighted by Crippen LogP contribution is -2.05. The van der Waals surface area contributed by atoms with Crippen LogP contribution < -0.4 is 5.32 Å². The summed E-state index contributed by atoms with van der Waals surface area (Å²) in [5.74, 6) is 1.24. The topological polar surface area (TPSA) is 105 Å². The number of anilines is 1. The van der Waals surface area contributed by atoms with Crippen LogP contribution in [0, 0.1) is 28.4 Å². The summed E-state index contributed by atoms with van der Waals surface area (Å²) < 4.78 is 0. The molecule has 0 radical (unpaired) electrons. The molecule has 1 aromatic carbocycles. The molecule has 0 spiro atoms. The van der Waals surface area contributed by atoms with Gasteiger partial charge in [0, 0.05) is 42.4 Å². The van der Waals surface area contributed by atoms with Crippen molar-refractivity contribution in [3.63, 3.8) is 0 Å². The zero-order valence-electron chi connectivity index (χ0n) is 12.8. The number of unbranched alkanes of at least 4 members (excludes halogenated alkanes) is 2. The van der Waals surface area contributed by atoms with Gasteiger partial charge in [-0.2, -0.15) is 5.26 Å². The first-order valence-corrected chi connectivity index (χ1v) is 7.31. The van der Waals surface area contributed by atoms with Gasteiger partial charge in [-0.15, -0.1) is 0 Å². The van der Waals surface area contributed by atoms with Crippen molar-refractivity contribution in [3.05, 3.63) is 46.1 Å². The first-order chi connectivity index (χ1) is 11.1. The van der Waals surface area contributed by atoms with Gasteiger partial charge in [-0.1, -0.05) is 0 Å². The smallest absolute Gasteiger partial charge is 0.269 e. The van der Waals surface area contributed by atoms with Crippen LogP contribution in [0.25, 0.3) is 11.4 Å². The fourth-order valence-corrected chi connectivity index (χ4v) is 2.07. The maximum atomic E-state index is 10.7. The van der Waals surface area contributed by atoms with Crippen LogP contribution in [0.2, 0.25) is 0 Å². The number of nitriles is 1. The van der Waals surface area contributed by atoms with Crippen molar-refractivity contribution in [2.24, 2.45) is 0 Å². The normalized spacial score (nSPS) is 10.1. The fraction of sp³-hybridized carbons (Fsp3) is 0.312. The molecule has 1 heterocycles. The van der Waals surface area contributed by atoms with Gasteiger partial charge in [0.15, 0.2) is 5.82 Å². The Labute approximate surface area is 134 Å². The maximum absolute atomic E-state index is 10.7. The van der Waals surface area contributed by atoms with Crippen LogP contribution in [0.5, 0.6) is 0 Å². The molecule has 0 saturated heterocycles. The summed E-state index contributed by atoms with van der Waals surface area (Å²) in [6.45, 7) is 2.61. The summed E-state index contributed by atoms with van der Waals surface area (Å²) in [6, 6.07) is 10.1. The maximum Gasteiger partial charge on any atom is 0.269 e. The Morgan fingerprint density at radius 2 is 2.00 bits per heavy atom. The first-order valence-electron chi connectivity index (χ1n) is 7.31. The van der Waals surface area contributed by atoms with E-state index in [0.29, 0.717) is 18.1 Å². The third-order valence-electron chi connectivity index (χ3n) is 3.21. The molecule has 1 N–H and O–H groups in total. The molecule has 0 fully saturated rings. The lowest BCUT2D eigenvalue weighted by molar-refractivity contribution is -0.384. The summed E-state index contributed by atoms with van der Waals surface area (Å²) in [5, 5.41) is 22.4. The average Bonchev–Trinajstić information content (AvgIpc) is 2.54. The van der Waals surface area contributed by atoms with Crippen LogP contribution in [-0.2, 0) is 0 Å². The van der Waals surface area contributed by atoms with Crippen LogP contribution in [0.3, 0.4) is 0 Å². The van der Waals surface area contributed by atoms with Crippen LogP contribution >= 0.6 is 0 Å². The highest BCUT2D eigenvalue weighted by molar-refractivity contribution is 5.59. The van der Waals surface area contributed by atoms with Crippen LogP contribution in [0.1, 0.15) is 25.0 Å². The van der Waals surface area contributed by atoms with Crippen molar-refractivity contribution in [1.29, 1.82) is 5.26 Å². The summed E-state index contributed by atoms with van der Waals surface area (Å²) in [7, 11) is 0. The molecule has 0 atom stereocenters. The van der Waals surface area contributed by atoms with Crippen molar-refractivity contribution in [2.75, 3.05) is 11.9 Å². The zero-order valence-corrected chi connectivity index (χ0v) is 12.8. The van der Waals surface area contributed by atoms with Gasteiger partial charge in [0.05, 0.1) is 11.0 Å². The molecule has 0 bridgehead atoms. The number of nitrogens with one attached hydrogen (secondary N) is 1. The summed E-state index contributed by atoms with van der Waals surface area (Å²) in [6.07, 6.45) is 2.30. The van der Waals surface area contributed by atoms with E-state index in [9.17, 15) is 10.1 Å². The van der Waals surface area contributed by atoms with E-state index in [4.69, 9.17) is 5.26 Å². The molecule has 1 aromatic heterocycles. The number of nitro benzene ring substituents is 1. The monoisotopic (exact) mass is 311 g/mol. The largest absolute Gasteiger partial charge is 0.370 e. The van der Waals surface area contributed by atoms with Crippen molar-refractivity contribution >= 4 is 11.5 Å². The summed E-state index contributed by atoms with van der Waals surface area (Å²) in [5.41, 5.74) is 1.58. The highest BCUT2D eigenvalue weighted by Gasteiger charge is 2.08. The molecule has 0 unspecified atom stereocenters. The number of hydrogen-bond donors (Lipinski definition) is 1. The predicted octanol–water partition coefficient (Wildman–Crippen LogP) is 3.47. The van der Waals surface area contributed by atoms with E-state index in [2.05, 4.69) is 21.4 Å². The molecule has 2 aromatic rings. The van der Waals surface area contributed by atoms with E-state index < -0.39 is 4.92 Å². The SMILES string of the molecule is Cc1cc(NCCCCC#N)nc(-c2ccc([N+](=O)[O-])cc2)n1. The van der Waals surface area contributed by atoms with Crippen LogP contribution in [0.4, 0.5) is 11.5 Å². The van der Waals surface area contributed by atoms with Crippen LogP contribution in [0.15, 0.2) is 30.3 Å². The lowest BCUT2D eigenvalue weighted by atomic mass is 10.2. The molecule has 0 aliphatic carbocycles. The van der Waals surface area contributed by atoms with Gasteiger partial charge >= 0.3 is 0 Å². The predicted molar refractivity (Wildman–Crippen MR) is 86.8 cm³/mol. The van der Waals surface area contributed by atoms with E-state index in [1.165, 1.54) is 12.1 Å². The number of aryl methyl sites for hydroxylation is 1. The molecule has 7 heteroatoms. The van der Waals surface area contributed by atoms with E-state index in [0.717, 1.165) is 30.6 Å². The number of hydrogen-bond acceptors (Lipinski definition) is 6. The second-order valence-electron chi connectivity index (χ2n) is 5.06. The summed E-state index contributed by atoms with van der Waals surface area (Å²) >= 11 is 0. The number of nitrogens with zero attached hydrogens (tertiary/aromatic N) is 4. The van der Waals surface area contributed by atoms with Gasteiger partial charge in [0.25, 0.3) is 5.69 Å². The minimum atomic E-state index is -0.435. The number of benzene rings is 1. The minimum Gasteiger partial charge on any atom is -0.370 e. The van der Waals surface area contributed by atoms with E-state index in [1.807, 2.05) is 13.0 Å². The van der Waals surface area contributed by atoms with Gasteiger partial charge in [0.2, 0.25) is 0 Å². The first kappa shape index (κ1) is 16.4. The molecule has 0 saturated carbocycles. The Morgan fingerprint density at radius 1 is 1.26 bits per heavy atom. The van der Waals surface area contributed by atoms with Gasteiger partial charge in [0.1, 0.15) is 5.82 Å². The Bertz CT molecular complexity index is 722. The standard InChI is InChI=1S/C16H17N5O2/c1-12-11-15(18-10-4-2-3-9-17)20-16(19-12)13-5-7-14(8-6-13)21(22)23/h5-8,11H,2-4,10H2,1H3,(H,18,19,20). The Kier molecular flexibility index (Phi) is 5.58. The van der Waals surface area contributed by atoms with Gasteiger partial charge in [-0.05, 0) is 31.9 Å². The third kappa shape index (κ3) is 4.74. The van der Waals surface area contributed by atoms with Crippen molar-refractivity contribution in [3.8, 4) is 17.5 Å². The Hall–Kier alpha value is -3.01. The van der Waals surface area contributed by atoms with Gasteiger partial charge < -0.3 is 5.32 Å².